The van der Waals surface area contributed by atoms with Gasteiger partial charge < -0.3 is 4.84 Å². The normalized spacial score (nSPS) is 18.7. The standard InChI is InChI=1S/C10H9NO3/c12-11(13)14-10-7-3-5-8-4-1-2-6-9(8)10/h1-6,10H,7H2. The Morgan fingerprint density at radius 2 is 2.21 bits per heavy atom. The first-order valence-corrected chi connectivity index (χ1v) is 4.34. The molecule has 0 heterocycles. The van der Waals surface area contributed by atoms with Crippen molar-refractivity contribution in [1.29, 1.82) is 0 Å². The van der Waals surface area contributed by atoms with Gasteiger partial charge >= 0.3 is 0 Å². The summed E-state index contributed by atoms with van der Waals surface area (Å²) in [7, 11) is 0. The smallest absolute Gasteiger partial charge is 0.295 e. The number of hydrogen-bond acceptors (Lipinski definition) is 3. The van der Waals surface area contributed by atoms with Crippen LogP contribution in [-0.4, -0.2) is 5.09 Å². The van der Waals surface area contributed by atoms with E-state index in [2.05, 4.69) is 4.84 Å². The molecule has 72 valence electrons. The quantitative estimate of drug-likeness (QED) is 0.532. The zero-order valence-corrected chi connectivity index (χ0v) is 7.42. The molecule has 2 rings (SSSR count). The molecule has 1 unspecified atom stereocenters. The lowest BCUT2D eigenvalue weighted by atomic mass is 9.95. The van der Waals surface area contributed by atoms with E-state index in [1.54, 1.807) is 0 Å². The largest absolute Gasteiger partial charge is 0.305 e. The van der Waals surface area contributed by atoms with Gasteiger partial charge in [0, 0.05) is 0 Å². The van der Waals surface area contributed by atoms with E-state index in [0.29, 0.717) is 6.42 Å². The van der Waals surface area contributed by atoms with Crippen LogP contribution in [0.2, 0.25) is 0 Å². The maximum absolute atomic E-state index is 10.2. The third-order valence-electron chi connectivity index (χ3n) is 2.20. The van der Waals surface area contributed by atoms with Crippen molar-refractivity contribution in [2.75, 3.05) is 0 Å². The van der Waals surface area contributed by atoms with Gasteiger partial charge in [-0.2, -0.15) is 0 Å². The SMILES string of the molecule is O=[N+]([O-])OC1CC=Cc2ccccc21. The van der Waals surface area contributed by atoms with Crippen LogP contribution in [0.5, 0.6) is 0 Å². The van der Waals surface area contributed by atoms with Crippen molar-refractivity contribution in [2.45, 2.75) is 12.5 Å². The van der Waals surface area contributed by atoms with Crippen molar-refractivity contribution >= 4 is 6.08 Å². The maximum Gasteiger partial charge on any atom is 0.295 e. The first-order valence-electron chi connectivity index (χ1n) is 4.34. The van der Waals surface area contributed by atoms with Crippen LogP contribution >= 0.6 is 0 Å². The monoisotopic (exact) mass is 191 g/mol. The van der Waals surface area contributed by atoms with Crippen LogP contribution in [0, 0.1) is 10.1 Å². The van der Waals surface area contributed by atoms with Crippen molar-refractivity contribution in [2.24, 2.45) is 0 Å². The fourth-order valence-electron chi connectivity index (χ4n) is 1.61. The zero-order chi connectivity index (χ0) is 9.97. The minimum Gasteiger partial charge on any atom is -0.305 e. The zero-order valence-electron chi connectivity index (χ0n) is 7.42. The molecule has 1 aromatic rings. The van der Waals surface area contributed by atoms with Crippen molar-refractivity contribution in [3.8, 4) is 0 Å². The number of rotatable bonds is 2. The highest BCUT2D eigenvalue weighted by molar-refractivity contribution is 5.56. The summed E-state index contributed by atoms with van der Waals surface area (Å²) in [5.41, 5.74) is 1.87. The van der Waals surface area contributed by atoms with Gasteiger partial charge in [0.05, 0.1) is 0 Å². The van der Waals surface area contributed by atoms with Gasteiger partial charge in [0.1, 0.15) is 6.10 Å². The third-order valence-corrected chi connectivity index (χ3v) is 2.20. The van der Waals surface area contributed by atoms with Crippen molar-refractivity contribution < 1.29 is 9.92 Å². The summed E-state index contributed by atoms with van der Waals surface area (Å²) in [6.07, 6.45) is 3.94. The Labute approximate surface area is 80.9 Å². The molecule has 4 heteroatoms. The highest BCUT2D eigenvalue weighted by Gasteiger charge is 2.19. The van der Waals surface area contributed by atoms with Gasteiger partial charge in [-0.3, -0.25) is 0 Å². The lowest BCUT2D eigenvalue weighted by Gasteiger charge is -2.19. The van der Waals surface area contributed by atoms with E-state index in [0.717, 1.165) is 11.1 Å². The van der Waals surface area contributed by atoms with Gasteiger partial charge in [-0.15, -0.1) is 10.1 Å². The molecule has 0 spiro atoms. The van der Waals surface area contributed by atoms with E-state index < -0.39 is 11.2 Å². The van der Waals surface area contributed by atoms with Crippen LogP contribution < -0.4 is 0 Å². The predicted molar refractivity (Wildman–Crippen MR) is 50.9 cm³/mol. The fourth-order valence-corrected chi connectivity index (χ4v) is 1.61. The number of nitrogens with zero attached hydrogens (tertiary/aromatic N) is 1. The molecule has 0 fully saturated rings. The van der Waals surface area contributed by atoms with E-state index in [1.165, 1.54) is 0 Å². The van der Waals surface area contributed by atoms with E-state index in [9.17, 15) is 10.1 Å². The summed E-state index contributed by atoms with van der Waals surface area (Å²) >= 11 is 0. The molecule has 0 saturated heterocycles. The molecule has 0 aliphatic heterocycles. The second-order valence-corrected chi connectivity index (χ2v) is 3.08. The molecule has 0 amide bonds. The summed E-state index contributed by atoms with van der Waals surface area (Å²) < 4.78 is 0. The van der Waals surface area contributed by atoms with Gasteiger partial charge in [0.15, 0.2) is 0 Å². The number of benzene rings is 1. The summed E-state index contributed by atoms with van der Waals surface area (Å²) in [4.78, 5) is 14.8. The molecule has 0 N–H and O–H groups in total. The van der Waals surface area contributed by atoms with E-state index in [1.807, 2.05) is 36.4 Å². The summed E-state index contributed by atoms with van der Waals surface area (Å²) in [6.45, 7) is 0. The van der Waals surface area contributed by atoms with E-state index in [-0.39, 0.29) is 0 Å². The maximum atomic E-state index is 10.2. The predicted octanol–water partition coefficient (Wildman–Crippen LogP) is 2.35. The third kappa shape index (κ3) is 1.59. The molecule has 1 aliphatic carbocycles. The van der Waals surface area contributed by atoms with Crippen LogP contribution in [0.15, 0.2) is 30.3 Å². The summed E-state index contributed by atoms with van der Waals surface area (Å²) in [5.74, 6) is 0. The molecule has 0 radical (unpaired) electrons. The van der Waals surface area contributed by atoms with Crippen molar-refractivity contribution in [1.82, 2.24) is 0 Å². The van der Waals surface area contributed by atoms with Crippen LogP contribution in [0.1, 0.15) is 23.7 Å². The Morgan fingerprint density at radius 1 is 1.43 bits per heavy atom. The van der Waals surface area contributed by atoms with Gasteiger partial charge in [-0.05, 0) is 17.5 Å². The topological polar surface area (TPSA) is 52.4 Å². The number of hydrogen-bond donors (Lipinski definition) is 0. The van der Waals surface area contributed by atoms with E-state index >= 15 is 0 Å². The Balaban J connectivity index is 2.31. The lowest BCUT2D eigenvalue weighted by Crippen LogP contribution is -2.11. The lowest BCUT2D eigenvalue weighted by molar-refractivity contribution is -0.770. The molecule has 0 saturated carbocycles. The summed E-state index contributed by atoms with van der Waals surface area (Å²) in [6, 6.07) is 7.53. The molecule has 4 nitrogen and oxygen atoms in total. The molecular weight excluding hydrogens is 182 g/mol. The molecule has 0 aromatic heterocycles. The second kappa shape index (κ2) is 3.49. The highest BCUT2D eigenvalue weighted by Crippen LogP contribution is 2.30. The average molecular weight is 191 g/mol. The Morgan fingerprint density at radius 3 is 3.00 bits per heavy atom. The first-order chi connectivity index (χ1) is 6.77. The van der Waals surface area contributed by atoms with Gasteiger partial charge in [0.25, 0.3) is 5.09 Å². The van der Waals surface area contributed by atoms with Crippen LogP contribution in [-0.2, 0) is 4.84 Å². The first kappa shape index (κ1) is 8.74. The van der Waals surface area contributed by atoms with Gasteiger partial charge in [-0.25, -0.2) is 0 Å². The molecule has 1 aromatic carbocycles. The summed E-state index contributed by atoms with van der Waals surface area (Å²) in [5, 5.41) is 9.50. The minimum atomic E-state index is -0.736. The average Bonchev–Trinajstić information content (AvgIpc) is 2.18. The highest BCUT2D eigenvalue weighted by atomic mass is 17.0. The second-order valence-electron chi connectivity index (χ2n) is 3.08. The van der Waals surface area contributed by atoms with Crippen molar-refractivity contribution in [3.63, 3.8) is 0 Å². The van der Waals surface area contributed by atoms with Crippen molar-refractivity contribution in [3.05, 3.63) is 51.6 Å². The van der Waals surface area contributed by atoms with Gasteiger partial charge in [-0.1, -0.05) is 36.4 Å². The fraction of sp³-hybridized carbons (Fsp3) is 0.200. The minimum absolute atomic E-state index is 0.453. The Kier molecular flexibility index (Phi) is 2.18. The van der Waals surface area contributed by atoms with Crippen LogP contribution in [0.25, 0.3) is 6.08 Å². The van der Waals surface area contributed by atoms with Crippen LogP contribution in [0.4, 0.5) is 0 Å². The Bertz CT molecular complexity index is 387. The van der Waals surface area contributed by atoms with Gasteiger partial charge in [0.2, 0.25) is 0 Å². The molecule has 0 bridgehead atoms. The molecule has 14 heavy (non-hydrogen) atoms. The van der Waals surface area contributed by atoms with Crippen LogP contribution in [0.3, 0.4) is 0 Å². The molecule has 1 aliphatic rings. The molecule has 1 atom stereocenters. The van der Waals surface area contributed by atoms with E-state index in [4.69, 9.17) is 0 Å². The molecular formula is C10H9NO3. The number of fused-ring (bicyclic) bond motifs is 1. The Hall–Kier alpha value is -1.84.